The third kappa shape index (κ3) is 3.76. The third-order valence-electron chi connectivity index (χ3n) is 5.01. The van der Waals surface area contributed by atoms with Crippen LogP contribution in [0, 0.1) is 0 Å². The van der Waals surface area contributed by atoms with Crippen molar-refractivity contribution in [3.8, 4) is 0 Å². The number of carboxylic acids is 1. The minimum absolute atomic E-state index is 0.168. The minimum atomic E-state index is -1.24. The van der Waals surface area contributed by atoms with E-state index in [4.69, 9.17) is 0 Å². The zero-order valence-corrected chi connectivity index (χ0v) is 14.6. The van der Waals surface area contributed by atoms with Gasteiger partial charge in [0.2, 0.25) is 5.91 Å². The molecule has 7 heteroatoms. The molecule has 7 nitrogen and oxygen atoms in total. The first-order chi connectivity index (χ1) is 12.5. The van der Waals surface area contributed by atoms with Gasteiger partial charge in [-0.25, -0.2) is 9.80 Å². The number of nitrogens with one attached hydrogen (secondary N) is 1. The van der Waals surface area contributed by atoms with Crippen molar-refractivity contribution in [2.45, 2.75) is 56.9 Å². The van der Waals surface area contributed by atoms with E-state index in [-0.39, 0.29) is 24.5 Å². The Balaban J connectivity index is 1.82. The number of benzene rings is 1. The van der Waals surface area contributed by atoms with Crippen LogP contribution in [0.25, 0.3) is 0 Å². The Morgan fingerprint density at radius 2 is 1.69 bits per heavy atom. The van der Waals surface area contributed by atoms with Crippen LogP contribution in [0.15, 0.2) is 35.4 Å². The van der Waals surface area contributed by atoms with E-state index in [1.807, 2.05) is 6.07 Å². The van der Waals surface area contributed by atoms with E-state index in [1.54, 1.807) is 24.3 Å². The van der Waals surface area contributed by atoms with Gasteiger partial charge in [0.1, 0.15) is 11.3 Å². The molecule has 2 amide bonds. The molecule has 138 valence electrons. The summed E-state index contributed by atoms with van der Waals surface area (Å²) >= 11 is 0. The second kappa shape index (κ2) is 7.68. The maximum absolute atomic E-state index is 12.7. The Bertz CT molecular complexity index is 722. The zero-order valence-electron chi connectivity index (χ0n) is 14.6. The molecule has 1 saturated carbocycles. The molecular weight excluding hydrogens is 334 g/mol. The Kier molecular flexibility index (Phi) is 5.35. The summed E-state index contributed by atoms with van der Waals surface area (Å²) in [5, 5.41) is 17.9. The van der Waals surface area contributed by atoms with Crippen molar-refractivity contribution in [2.75, 3.05) is 5.01 Å². The molecule has 1 heterocycles. The van der Waals surface area contributed by atoms with E-state index < -0.39 is 17.4 Å². The molecule has 3 rings (SSSR count). The van der Waals surface area contributed by atoms with Crippen LogP contribution < -0.4 is 10.3 Å². The summed E-state index contributed by atoms with van der Waals surface area (Å²) in [6, 6.07) is 8.89. The molecule has 2 aliphatic rings. The van der Waals surface area contributed by atoms with Gasteiger partial charge in [0.25, 0.3) is 5.91 Å². The second-order valence-electron chi connectivity index (χ2n) is 6.84. The Labute approximate surface area is 152 Å². The third-order valence-corrected chi connectivity index (χ3v) is 5.01. The van der Waals surface area contributed by atoms with Crippen LogP contribution in [-0.4, -0.2) is 34.1 Å². The number of aliphatic carboxylic acids is 1. The first-order valence-electron chi connectivity index (χ1n) is 9.03. The van der Waals surface area contributed by atoms with E-state index >= 15 is 0 Å². The highest BCUT2D eigenvalue weighted by Crippen LogP contribution is 2.28. The van der Waals surface area contributed by atoms with Gasteiger partial charge in [0.15, 0.2) is 0 Å². The number of amides is 2. The van der Waals surface area contributed by atoms with Gasteiger partial charge in [-0.3, -0.25) is 9.59 Å². The lowest BCUT2D eigenvalue weighted by Gasteiger charge is -2.30. The normalized spacial score (nSPS) is 20.1. The van der Waals surface area contributed by atoms with Crippen LogP contribution >= 0.6 is 0 Å². The number of hydrazone groups is 1. The number of hydrogen-bond acceptors (Lipinski definition) is 4. The Hall–Kier alpha value is -2.70. The van der Waals surface area contributed by atoms with E-state index in [9.17, 15) is 19.5 Å². The SMILES string of the molecule is O=C(NC1(C(=O)O)CCCCCC1)C1=NN(c2ccccc2)C(=O)CC1. The Morgan fingerprint density at radius 1 is 1.04 bits per heavy atom. The highest BCUT2D eigenvalue weighted by molar-refractivity contribution is 6.40. The fraction of sp³-hybridized carbons (Fsp3) is 0.474. The van der Waals surface area contributed by atoms with Crippen molar-refractivity contribution in [1.29, 1.82) is 0 Å². The van der Waals surface area contributed by atoms with Gasteiger partial charge >= 0.3 is 5.97 Å². The Morgan fingerprint density at radius 3 is 2.31 bits per heavy atom. The van der Waals surface area contributed by atoms with Crippen LogP contribution in [0.1, 0.15) is 51.4 Å². The fourth-order valence-corrected chi connectivity index (χ4v) is 3.50. The molecule has 0 aromatic heterocycles. The van der Waals surface area contributed by atoms with Crippen LogP contribution in [0.2, 0.25) is 0 Å². The predicted molar refractivity (Wildman–Crippen MR) is 96.8 cm³/mol. The second-order valence-corrected chi connectivity index (χ2v) is 6.84. The molecule has 0 spiro atoms. The highest BCUT2D eigenvalue weighted by atomic mass is 16.4. The van der Waals surface area contributed by atoms with Crippen molar-refractivity contribution in [2.24, 2.45) is 5.10 Å². The molecule has 0 saturated heterocycles. The molecule has 1 aromatic carbocycles. The molecule has 1 fully saturated rings. The lowest BCUT2D eigenvalue weighted by atomic mass is 9.89. The topological polar surface area (TPSA) is 99.1 Å². The summed E-state index contributed by atoms with van der Waals surface area (Å²) in [5.41, 5.74) is -0.460. The first-order valence-corrected chi connectivity index (χ1v) is 9.03. The maximum atomic E-state index is 12.7. The van der Waals surface area contributed by atoms with E-state index in [2.05, 4.69) is 10.4 Å². The van der Waals surface area contributed by atoms with Crippen LogP contribution in [0.5, 0.6) is 0 Å². The lowest BCUT2D eigenvalue weighted by molar-refractivity contribution is -0.147. The fourth-order valence-electron chi connectivity index (χ4n) is 3.50. The van der Waals surface area contributed by atoms with E-state index in [0.29, 0.717) is 18.5 Å². The average Bonchev–Trinajstić information content (AvgIpc) is 2.89. The lowest BCUT2D eigenvalue weighted by Crippen LogP contribution is -2.56. The molecular formula is C19H23N3O4. The average molecular weight is 357 g/mol. The molecule has 0 bridgehead atoms. The van der Waals surface area contributed by atoms with Crippen molar-refractivity contribution in [3.05, 3.63) is 30.3 Å². The van der Waals surface area contributed by atoms with Crippen molar-refractivity contribution in [1.82, 2.24) is 5.32 Å². The number of hydrogen-bond donors (Lipinski definition) is 2. The molecule has 1 aliphatic heterocycles. The van der Waals surface area contributed by atoms with Gasteiger partial charge in [-0.05, 0) is 25.0 Å². The number of carbonyl (C=O) groups excluding carboxylic acids is 2. The number of rotatable bonds is 4. The summed E-state index contributed by atoms with van der Waals surface area (Å²) in [7, 11) is 0. The molecule has 1 aliphatic carbocycles. The highest BCUT2D eigenvalue weighted by Gasteiger charge is 2.41. The molecule has 0 unspecified atom stereocenters. The van der Waals surface area contributed by atoms with Crippen LogP contribution in [0.3, 0.4) is 0 Å². The van der Waals surface area contributed by atoms with Gasteiger partial charge < -0.3 is 10.4 Å². The first kappa shape index (κ1) is 18.1. The largest absolute Gasteiger partial charge is 0.480 e. The minimum Gasteiger partial charge on any atom is -0.480 e. The number of carboxylic acid groups (broad SMARTS) is 1. The van der Waals surface area contributed by atoms with E-state index in [1.165, 1.54) is 5.01 Å². The van der Waals surface area contributed by atoms with Crippen LogP contribution in [0.4, 0.5) is 5.69 Å². The molecule has 0 atom stereocenters. The van der Waals surface area contributed by atoms with Gasteiger partial charge in [-0.15, -0.1) is 0 Å². The standard InChI is InChI=1S/C19H23N3O4/c23-16-11-10-15(21-22(16)14-8-4-3-5-9-14)17(24)20-19(18(25)26)12-6-1-2-7-13-19/h3-5,8-9H,1-2,6-7,10-13H2,(H,20,24)(H,25,26). The summed E-state index contributed by atoms with van der Waals surface area (Å²) < 4.78 is 0. The maximum Gasteiger partial charge on any atom is 0.329 e. The number of carbonyl (C=O) groups is 3. The molecule has 2 N–H and O–H groups in total. The van der Waals surface area contributed by atoms with Gasteiger partial charge in [-0.2, -0.15) is 5.10 Å². The van der Waals surface area contributed by atoms with Crippen LogP contribution in [-0.2, 0) is 14.4 Å². The van der Waals surface area contributed by atoms with Gasteiger partial charge in [0.05, 0.1) is 5.69 Å². The van der Waals surface area contributed by atoms with Crippen molar-refractivity contribution < 1.29 is 19.5 Å². The summed E-state index contributed by atoms with van der Waals surface area (Å²) in [4.78, 5) is 36.8. The van der Waals surface area contributed by atoms with Gasteiger partial charge in [-0.1, -0.05) is 43.9 Å². The number of para-hydroxylation sites is 1. The predicted octanol–water partition coefficient (Wildman–Crippen LogP) is 2.46. The molecule has 1 aromatic rings. The monoisotopic (exact) mass is 357 g/mol. The van der Waals surface area contributed by atoms with Crippen molar-refractivity contribution >= 4 is 29.2 Å². The molecule has 26 heavy (non-hydrogen) atoms. The number of anilines is 1. The molecule has 0 radical (unpaired) electrons. The van der Waals surface area contributed by atoms with Gasteiger partial charge in [0, 0.05) is 12.8 Å². The van der Waals surface area contributed by atoms with E-state index in [0.717, 1.165) is 25.7 Å². The summed E-state index contributed by atoms with van der Waals surface area (Å²) in [6.07, 6.45) is 4.71. The zero-order chi connectivity index (χ0) is 18.6. The summed E-state index contributed by atoms with van der Waals surface area (Å²) in [6.45, 7) is 0. The van der Waals surface area contributed by atoms with Crippen molar-refractivity contribution in [3.63, 3.8) is 0 Å². The smallest absolute Gasteiger partial charge is 0.329 e. The quantitative estimate of drug-likeness (QED) is 0.809. The summed E-state index contributed by atoms with van der Waals surface area (Å²) in [5.74, 6) is -1.68. The number of nitrogens with zero attached hydrogens (tertiary/aromatic N) is 2.